The van der Waals surface area contributed by atoms with Gasteiger partial charge in [-0.05, 0) is 75.6 Å². The molecule has 0 spiro atoms. The number of carbonyl (C=O) groups is 2. The summed E-state index contributed by atoms with van der Waals surface area (Å²) in [7, 11) is 0. The van der Waals surface area contributed by atoms with Crippen molar-refractivity contribution in [3.8, 4) is 0 Å². The number of aromatic carboxylic acids is 2. The summed E-state index contributed by atoms with van der Waals surface area (Å²) in [4.78, 5) is 20.9. The Hall–Kier alpha value is -2.95. The first-order valence-electron chi connectivity index (χ1n) is 9.01. The van der Waals surface area contributed by atoms with Crippen LogP contribution in [-0.2, 0) is 0 Å². The van der Waals surface area contributed by atoms with E-state index in [0.717, 1.165) is 17.2 Å². The fourth-order valence-electron chi connectivity index (χ4n) is 1.84. The predicted octanol–water partition coefficient (Wildman–Crippen LogP) is 6.44. The van der Waals surface area contributed by atoms with Crippen molar-refractivity contribution in [3.05, 3.63) is 82.2 Å². The third kappa shape index (κ3) is 10.9. The van der Waals surface area contributed by atoms with Gasteiger partial charge in [0, 0.05) is 0 Å². The van der Waals surface area contributed by atoms with Gasteiger partial charge in [0.05, 0.1) is 11.1 Å². The largest absolute Gasteiger partial charge is 0.478 e. The zero-order valence-electron chi connectivity index (χ0n) is 17.7. The Morgan fingerprint density at radius 3 is 1.79 bits per heavy atom. The van der Waals surface area contributed by atoms with Crippen LogP contribution in [0.4, 0.5) is 4.39 Å². The molecular weight excluding hydrogens is 359 g/mol. The minimum atomic E-state index is -1.10. The average molecular weight is 390 g/mol. The summed E-state index contributed by atoms with van der Waals surface area (Å²) < 4.78 is 12.5. The van der Waals surface area contributed by atoms with E-state index in [4.69, 9.17) is 10.2 Å². The number of rotatable bonds is 2. The first kappa shape index (κ1) is 27.3. The molecule has 0 aliphatic rings. The molecule has 2 aromatic carbocycles. The fourth-order valence-corrected chi connectivity index (χ4v) is 1.84. The average Bonchev–Trinajstić information content (AvgIpc) is 2.65. The molecule has 0 aliphatic heterocycles. The van der Waals surface area contributed by atoms with Gasteiger partial charge in [0.2, 0.25) is 0 Å². The predicted molar refractivity (Wildman–Crippen MR) is 113 cm³/mol. The second-order valence-corrected chi connectivity index (χ2v) is 5.54. The van der Waals surface area contributed by atoms with Crippen LogP contribution in [0.3, 0.4) is 0 Å². The molecule has 0 aliphatic carbocycles. The number of benzene rings is 2. The molecule has 28 heavy (non-hydrogen) atoms. The quantitative estimate of drug-likeness (QED) is 0.578. The molecule has 0 saturated carbocycles. The number of carboxylic acids is 2. The highest BCUT2D eigenvalue weighted by Gasteiger charge is 2.06. The fraction of sp³-hybridized carbons (Fsp3) is 0.304. The molecule has 2 N–H and O–H groups in total. The lowest BCUT2D eigenvalue weighted by atomic mass is 10.0. The lowest BCUT2D eigenvalue weighted by Gasteiger charge is -2.02. The van der Waals surface area contributed by atoms with Crippen LogP contribution in [0.1, 0.15) is 65.1 Å². The van der Waals surface area contributed by atoms with Crippen LogP contribution in [0.25, 0.3) is 0 Å². The lowest BCUT2D eigenvalue weighted by Crippen LogP contribution is -2.00. The van der Waals surface area contributed by atoms with Crippen LogP contribution in [0, 0.1) is 26.6 Å². The molecule has 0 unspecified atom stereocenters. The second-order valence-electron chi connectivity index (χ2n) is 5.54. The normalized spacial score (nSPS) is 9.14. The van der Waals surface area contributed by atoms with Crippen molar-refractivity contribution in [2.24, 2.45) is 0 Å². The van der Waals surface area contributed by atoms with E-state index in [1.807, 2.05) is 59.8 Å². The number of hydrogen-bond donors (Lipinski definition) is 2. The van der Waals surface area contributed by atoms with Crippen LogP contribution < -0.4 is 0 Å². The second kappa shape index (κ2) is 15.1. The molecule has 0 heterocycles. The SMILES string of the molecule is CC.CC=CC.Cc1cc(F)cc(C(=O)O)c1.Cc1cccc(C(=O)O)c1C. The molecule has 0 bridgehead atoms. The molecule has 4 nitrogen and oxygen atoms in total. The van der Waals surface area contributed by atoms with Crippen LogP contribution in [0.5, 0.6) is 0 Å². The minimum absolute atomic E-state index is 0.0116. The topological polar surface area (TPSA) is 74.6 Å². The number of hydrogen-bond acceptors (Lipinski definition) is 2. The summed E-state index contributed by atoms with van der Waals surface area (Å²) >= 11 is 0. The van der Waals surface area contributed by atoms with Gasteiger partial charge >= 0.3 is 11.9 Å². The van der Waals surface area contributed by atoms with E-state index in [-0.39, 0.29) is 5.56 Å². The Balaban J connectivity index is 0. The van der Waals surface area contributed by atoms with Gasteiger partial charge in [0.15, 0.2) is 0 Å². The first-order valence-corrected chi connectivity index (χ1v) is 9.01. The van der Waals surface area contributed by atoms with Crippen molar-refractivity contribution in [2.45, 2.75) is 48.5 Å². The van der Waals surface area contributed by atoms with Gasteiger partial charge < -0.3 is 10.2 Å². The van der Waals surface area contributed by atoms with E-state index in [1.165, 1.54) is 12.1 Å². The summed E-state index contributed by atoms with van der Waals surface area (Å²) in [5.74, 6) is -2.47. The van der Waals surface area contributed by atoms with Crippen molar-refractivity contribution in [3.63, 3.8) is 0 Å². The maximum absolute atomic E-state index is 12.5. The summed E-state index contributed by atoms with van der Waals surface area (Å²) in [6.07, 6.45) is 4.00. The maximum Gasteiger partial charge on any atom is 0.335 e. The lowest BCUT2D eigenvalue weighted by molar-refractivity contribution is 0.0685. The van der Waals surface area contributed by atoms with E-state index in [9.17, 15) is 14.0 Å². The van der Waals surface area contributed by atoms with Gasteiger partial charge in [0.25, 0.3) is 0 Å². The maximum atomic E-state index is 12.5. The highest BCUT2D eigenvalue weighted by Crippen LogP contribution is 2.11. The molecule has 0 fully saturated rings. The van der Waals surface area contributed by atoms with Gasteiger partial charge in [-0.2, -0.15) is 0 Å². The Morgan fingerprint density at radius 2 is 1.43 bits per heavy atom. The minimum Gasteiger partial charge on any atom is -0.478 e. The van der Waals surface area contributed by atoms with Crippen LogP contribution in [0.2, 0.25) is 0 Å². The molecule has 0 saturated heterocycles. The highest BCUT2D eigenvalue weighted by atomic mass is 19.1. The van der Waals surface area contributed by atoms with E-state index < -0.39 is 17.8 Å². The third-order valence-electron chi connectivity index (χ3n) is 3.46. The number of aryl methyl sites for hydroxylation is 2. The molecule has 0 radical (unpaired) electrons. The highest BCUT2D eigenvalue weighted by molar-refractivity contribution is 5.89. The monoisotopic (exact) mass is 390 g/mol. The van der Waals surface area contributed by atoms with Crippen LogP contribution in [0.15, 0.2) is 48.6 Å². The van der Waals surface area contributed by atoms with Crippen molar-refractivity contribution in [1.82, 2.24) is 0 Å². The summed E-state index contributed by atoms with van der Waals surface area (Å²) in [5, 5.41) is 17.2. The molecule has 0 atom stereocenters. The van der Waals surface area contributed by atoms with Crippen LogP contribution >= 0.6 is 0 Å². The Labute approximate surface area is 167 Å². The van der Waals surface area contributed by atoms with Crippen molar-refractivity contribution in [2.75, 3.05) is 0 Å². The molecule has 5 heteroatoms. The van der Waals surface area contributed by atoms with E-state index >= 15 is 0 Å². The number of allylic oxidation sites excluding steroid dienone is 2. The van der Waals surface area contributed by atoms with E-state index in [1.54, 1.807) is 19.1 Å². The Bertz CT molecular complexity index is 756. The smallest absolute Gasteiger partial charge is 0.335 e. The first-order chi connectivity index (χ1) is 13.1. The van der Waals surface area contributed by atoms with E-state index in [0.29, 0.717) is 11.1 Å². The molecule has 154 valence electrons. The standard InChI is InChI=1S/C9H10O2.C8H7FO2.C4H8.C2H6/c1-6-4-3-5-8(7(6)2)9(10)11;1-5-2-6(8(10)11)4-7(9)3-5;1-3-4-2;1-2/h3-5H,1-2H3,(H,10,11);2-4H,1H3,(H,10,11);3-4H,1-2H3;1-2H3. The Morgan fingerprint density at radius 1 is 0.893 bits per heavy atom. The zero-order chi connectivity index (χ0) is 22.3. The Kier molecular flexibility index (Phi) is 14.7. The molecule has 0 aromatic heterocycles. The molecule has 2 aromatic rings. The zero-order valence-corrected chi connectivity index (χ0v) is 17.7. The van der Waals surface area contributed by atoms with Gasteiger partial charge in [-0.1, -0.05) is 38.1 Å². The molecule has 0 amide bonds. The molecular formula is C23H31FO4. The van der Waals surface area contributed by atoms with Gasteiger partial charge in [-0.15, -0.1) is 0 Å². The van der Waals surface area contributed by atoms with Crippen molar-refractivity contribution in [1.29, 1.82) is 0 Å². The van der Waals surface area contributed by atoms with Gasteiger partial charge in [-0.3, -0.25) is 0 Å². The van der Waals surface area contributed by atoms with Crippen molar-refractivity contribution >= 4 is 11.9 Å². The molecule has 2 rings (SSSR count). The van der Waals surface area contributed by atoms with Crippen molar-refractivity contribution < 1.29 is 24.2 Å². The number of halogens is 1. The third-order valence-corrected chi connectivity index (χ3v) is 3.46. The summed E-state index contributed by atoms with van der Waals surface area (Å²) in [6, 6.07) is 8.98. The summed E-state index contributed by atoms with van der Waals surface area (Å²) in [6.45, 7) is 13.4. The van der Waals surface area contributed by atoms with Gasteiger partial charge in [-0.25, -0.2) is 14.0 Å². The van der Waals surface area contributed by atoms with E-state index in [2.05, 4.69) is 0 Å². The summed E-state index contributed by atoms with van der Waals surface area (Å²) in [5.41, 5.74) is 2.86. The van der Waals surface area contributed by atoms with Crippen LogP contribution in [-0.4, -0.2) is 22.2 Å². The van der Waals surface area contributed by atoms with Gasteiger partial charge in [0.1, 0.15) is 5.82 Å². The number of carboxylic acid groups (broad SMARTS) is 2.